The number of carbonyl (C=O) groups is 1. The van der Waals surface area contributed by atoms with Crippen molar-refractivity contribution in [2.75, 3.05) is 0 Å². The van der Waals surface area contributed by atoms with Crippen molar-refractivity contribution in [1.29, 1.82) is 0 Å². The number of nitrogens with zero attached hydrogens (tertiary/aromatic N) is 1. The molecule has 0 N–H and O–H groups in total. The van der Waals surface area contributed by atoms with E-state index in [-0.39, 0.29) is 5.78 Å². The van der Waals surface area contributed by atoms with E-state index in [4.69, 9.17) is 0 Å². The minimum Gasteiger partial charge on any atom is -0.287 e. The first-order valence-electron chi connectivity index (χ1n) is 8.94. The van der Waals surface area contributed by atoms with Gasteiger partial charge in [-0.2, -0.15) is 4.57 Å². The Balaban J connectivity index is 1.78. The van der Waals surface area contributed by atoms with Crippen LogP contribution in [0.15, 0.2) is 66.9 Å². The number of hydrogen-bond donors (Lipinski definition) is 0. The Morgan fingerprint density at radius 1 is 0.769 bits per heavy atom. The van der Waals surface area contributed by atoms with E-state index < -0.39 is 0 Å². The monoisotopic (exact) mass is 340 g/mol. The molecule has 0 unspecified atom stereocenters. The second-order valence-electron chi connectivity index (χ2n) is 7.10. The molecule has 128 valence electrons. The summed E-state index contributed by atoms with van der Waals surface area (Å²) in [5.41, 5.74) is 4.46. The fourth-order valence-corrected chi connectivity index (χ4v) is 3.47. The standard InChI is InChI=1S/C24H22NO/c1-16-9-20-12-22-11-18(3)25(14-23(22)13-21(20)10-17(16)2)15-24(26)19-7-5-4-6-8-19/h4-14H,15H2,1-3H3/q+1. The van der Waals surface area contributed by atoms with Gasteiger partial charge in [0, 0.05) is 23.9 Å². The van der Waals surface area contributed by atoms with Crippen LogP contribution >= 0.6 is 0 Å². The first-order chi connectivity index (χ1) is 12.5. The molecule has 3 aromatic carbocycles. The van der Waals surface area contributed by atoms with Crippen molar-refractivity contribution in [3.05, 3.63) is 89.2 Å². The highest BCUT2D eigenvalue weighted by Crippen LogP contribution is 2.25. The Morgan fingerprint density at radius 3 is 2.00 bits per heavy atom. The highest BCUT2D eigenvalue weighted by Gasteiger charge is 2.16. The van der Waals surface area contributed by atoms with Crippen LogP contribution in [0, 0.1) is 20.8 Å². The molecule has 4 rings (SSSR count). The number of hydrogen-bond acceptors (Lipinski definition) is 1. The fourth-order valence-electron chi connectivity index (χ4n) is 3.47. The summed E-state index contributed by atoms with van der Waals surface area (Å²) in [4.78, 5) is 12.6. The Kier molecular flexibility index (Phi) is 4.04. The zero-order chi connectivity index (χ0) is 18.3. The highest BCUT2D eigenvalue weighted by molar-refractivity contribution is 5.98. The molecule has 0 aliphatic rings. The Labute approximate surface area is 153 Å². The molecule has 0 spiro atoms. The highest BCUT2D eigenvalue weighted by atomic mass is 16.1. The molecule has 1 aromatic heterocycles. The van der Waals surface area contributed by atoms with Crippen LogP contribution in [-0.2, 0) is 6.54 Å². The Hall–Kier alpha value is -3.00. The van der Waals surface area contributed by atoms with Gasteiger partial charge in [-0.25, -0.2) is 0 Å². The lowest BCUT2D eigenvalue weighted by Crippen LogP contribution is -2.40. The first-order valence-corrected chi connectivity index (χ1v) is 8.94. The lowest BCUT2D eigenvalue weighted by molar-refractivity contribution is -0.687. The average Bonchev–Trinajstić information content (AvgIpc) is 2.63. The number of aromatic nitrogens is 1. The van der Waals surface area contributed by atoms with Crippen molar-refractivity contribution in [3.63, 3.8) is 0 Å². The number of Topliss-reactive ketones (excluding diaryl/α,β-unsaturated/α-hetero) is 1. The van der Waals surface area contributed by atoms with Crippen LogP contribution in [0.4, 0.5) is 0 Å². The minimum absolute atomic E-state index is 0.130. The third kappa shape index (κ3) is 2.99. The number of pyridine rings is 1. The van der Waals surface area contributed by atoms with E-state index in [0.717, 1.165) is 16.6 Å². The molecule has 1 heterocycles. The van der Waals surface area contributed by atoms with E-state index in [1.54, 1.807) is 0 Å². The van der Waals surface area contributed by atoms with Gasteiger partial charge in [0.1, 0.15) is 0 Å². The second-order valence-corrected chi connectivity index (χ2v) is 7.10. The van der Waals surface area contributed by atoms with E-state index >= 15 is 0 Å². The number of carbonyl (C=O) groups excluding carboxylic acids is 1. The molecule has 0 bridgehead atoms. The molecule has 0 aliphatic carbocycles. The molecule has 2 heteroatoms. The summed E-state index contributed by atoms with van der Waals surface area (Å²) in [6.45, 7) is 6.71. The zero-order valence-electron chi connectivity index (χ0n) is 15.4. The van der Waals surface area contributed by atoms with Crippen LogP contribution in [0.1, 0.15) is 27.2 Å². The SMILES string of the molecule is Cc1cc2cc3cc(C)[n+](CC(=O)c4ccccc4)cc3cc2cc1C. The summed E-state index contributed by atoms with van der Waals surface area (Å²) in [5.74, 6) is 0.130. The number of aryl methyl sites for hydroxylation is 3. The van der Waals surface area contributed by atoms with Gasteiger partial charge < -0.3 is 0 Å². The van der Waals surface area contributed by atoms with Crippen molar-refractivity contribution < 1.29 is 9.36 Å². The fraction of sp³-hybridized carbons (Fsp3) is 0.167. The van der Waals surface area contributed by atoms with Crippen LogP contribution < -0.4 is 4.57 Å². The first kappa shape index (κ1) is 16.5. The molecule has 0 saturated carbocycles. The van der Waals surface area contributed by atoms with Crippen molar-refractivity contribution in [2.24, 2.45) is 0 Å². The largest absolute Gasteiger partial charge is 0.287 e. The topological polar surface area (TPSA) is 20.9 Å². The molecule has 0 radical (unpaired) electrons. The van der Waals surface area contributed by atoms with E-state index in [1.165, 1.54) is 27.3 Å². The van der Waals surface area contributed by atoms with Gasteiger partial charge in [-0.15, -0.1) is 0 Å². The maximum atomic E-state index is 12.6. The summed E-state index contributed by atoms with van der Waals surface area (Å²) < 4.78 is 2.05. The molecule has 26 heavy (non-hydrogen) atoms. The lowest BCUT2D eigenvalue weighted by atomic mass is 9.99. The maximum Gasteiger partial charge on any atom is 0.227 e. The lowest BCUT2D eigenvalue weighted by Gasteiger charge is -2.07. The number of ketones is 1. The summed E-state index contributed by atoms with van der Waals surface area (Å²) in [7, 11) is 0. The number of fused-ring (bicyclic) bond motifs is 2. The molecule has 0 amide bonds. The van der Waals surface area contributed by atoms with Crippen LogP contribution in [-0.4, -0.2) is 5.78 Å². The van der Waals surface area contributed by atoms with Crippen LogP contribution in [0.5, 0.6) is 0 Å². The predicted octanol–water partition coefficient (Wildman–Crippen LogP) is 5.09. The van der Waals surface area contributed by atoms with Crippen molar-refractivity contribution in [1.82, 2.24) is 0 Å². The molecule has 0 saturated heterocycles. The van der Waals surface area contributed by atoms with Crippen molar-refractivity contribution in [2.45, 2.75) is 27.3 Å². The van der Waals surface area contributed by atoms with Gasteiger partial charge in [-0.3, -0.25) is 4.79 Å². The summed E-state index contributed by atoms with van der Waals surface area (Å²) >= 11 is 0. The van der Waals surface area contributed by atoms with Crippen LogP contribution in [0.25, 0.3) is 21.5 Å². The molecule has 0 aliphatic heterocycles. The van der Waals surface area contributed by atoms with Gasteiger partial charge in [-0.05, 0) is 53.3 Å². The quantitative estimate of drug-likeness (QED) is 0.289. The average molecular weight is 340 g/mol. The van der Waals surface area contributed by atoms with Gasteiger partial charge in [0.15, 0.2) is 11.9 Å². The Bertz CT molecular complexity index is 1140. The van der Waals surface area contributed by atoms with Crippen LogP contribution in [0.3, 0.4) is 0 Å². The summed E-state index contributed by atoms with van der Waals surface area (Å²) in [6.07, 6.45) is 2.10. The van der Waals surface area contributed by atoms with Gasteiger partial charge in [0.05, 0.1) is 0 Å². The molecular formula is C24H22NO+. The van der Waals surface area contributed by atoms with Crippen molar-refractivity contribution >= 4 is 27.3 Å². The Morgan fingerprint density at radius 2 is 1.35 bits per heavy atom. The van der Waals surface area contributed by atoms with E-state index in [0.29, 0.717) is 6.54 Å². The van der Waals surface area contributed by atoms with Crippen molar-refractivity contribution in [3.8, 4) is 0 Å². The van der Waals surface area contributed by atoms with E-state index in [1.807, 2.05) is 34.9 Å². The number of rotatable bonds is 3. The number of benzene rings is 3. The molecule has 2 nitrogen and oxygen atoms in total. The summed E-state index contributed by atoms with van der Waals surface area (Å²) in [6, 6.07) is 20.6. The molecule has 0 atom stereocenters. The predicted molar refractivity (Wildman–Crippen MR) is 107 cm³/mol. The maximum absolute atomic E-state index is 12.6. The normalized spacial score (nSPS) is 11.2. The third-order valence-electron chi connectivity index (χ3n) is 5.18. The molecule has 4 aromatic rings. The summed E-state index contributed by atoms with van der Waals surface area (Å²) in [5, 5.41) is 4.87. The smallest absolute Gasteiger partial charge is 0.227 e. The van der Waals surface area contributed by atoms with Gasteiger partial charge >= 0.3 is 0 Å². The molecular weight excluding hydrogens is 318 g/mol. The van der Waals surface area contributed by atoms with Gasteiger partial charge in [0.25, 0.3) is 0 Å². The second kappa shape index (κ2) is 6.38. The minimum atomic E-state index is 0.130. The molecule has 0 fully saturated rings. The van der Waals surface area contributed by atoms with Gasteiger partial charge in [-0.1, -0.05) is 42.5 Å². The third-order valence-corrected chi connectivity index (χ3v) is 5.18. The van der Waals surface area contributed by atoms with Crippen LogP contribution in [0.2, 0.25) is 0 Å². The zero-order valence-corrected chi connectivity index (χ0v) is 15.4. The van der Waals surface area contributed by atoms with E-state index in [2.05, 4.69) is 57.3 Å². The van der Waals surface area contributed by atoms with E-state index in [9.17, 15) is 4.79 Å². The van der Waals surface area contributed by atoms with Gasteiger partial charge in [0.2, 0.25) is 12.3 Å².